The fourth-order valence-corrected chi connectivity index (χ4v) is 2.98. The highest BCUT2D eigenvalue weighted by Crippen LogP contribution is 2.26. The third-order valence-electron chi connectivity index (χ3n) is 4.25. The Hall–Kier alpha value is -2.08. The van der Waals surface area contributed by atoms with Gasteiger partial charge in [-0.15, -0.1) is 0 Å². The SMILES string of the molecule is C[C@H](NC(=O)COc1ccc2c(c1)CCC(=O)N2)[C@@H]1CCCO1. The average Bonchev–Trinajstić information content (AvgIpc) is 3.07. The number of aryl methyl sites for hydroxylation is 1. The van der Waals surface area contributed by atoms with Crippen LogP contribution in [0.2, 0.25) is 0 Å². The Morgan fingerprint density at radius 1 is 1.48 bits per heavy atom. The highest BCUT2D eigenvalue weighted by atomic mass is 16.5. The second kappa shape index (κ2) is 7.00. The van der Waals surface area contributed by atoms with Crippen LogP contribution in [0, 0.1) is 0 Å². The first-order chi connectivity index (χ1) is 11.1. The molecule has 6 heteroatoms. The molecule has 0 spiro atoms. The first-order valence-electron chi connectivity index (χ1n) is 8.08. The number of amides is 2. The average molecular weight is 318 g/mol. The molecule has 2 amide bonds. The van der Waals surface area contributed by atoms with Gasteiger partial charge in [-0.3, -0.25) is 9.59 Å². The molecule has 3 rings (SSSR count). The zero-order valence-corrected chi connectivity index (χ0v) is 13.3. The van der Waals surface area contributed by atoms with Gasteiger partial charge in [0, 0.05) is 18.7 Å². The van der Waals surface area contributed by atoms with Crippen molar-refractivity contribution in [3.63, 3.8) is 0 Å². The molecule has 0 radical (unpaired) electrons. The van der Waals surface area contributed by atoms with Crippen molar-refractivity contribution < 1.29 is 19.1 Å². The predicted molar refractivity (Wildman–Crippen MR) is 85.5 cm³/mol. The van der Waals surface area contributed by atoms with Crippen molar-refractivity contribution in [2.45, 2.75) is 44.8 Å². The van der Waals surface area contributed by atoms with Crippen LogP contribution < -0.4 is 15.4 Å². The van der Waals surface area contributed by atoms with Crippen molar-refractivity contribution >= 4 is 17.5 Å². The highest BCUT2D eigenvalue weighted by Gasteiger charge is 2.23. The van der Waals surface area contributed by atoms with Gasteiger partial charge in [-0.05, 0) is 49.9 Å². The van der Waals surface area contributed by atoms with E-state index in [1.165, 1.54) is 0 Å². The van der Waals surface area contributed by atoms with Crippen molar-refractivity contribution in [1.82, 2.24) is 5.32 Å². The van der Waals surface area contributed by atoms with Crippen molar-refractivity contribution in [2.24, 2.45) is 0 Å². The lowest BCUT2D eigenvalue weighted by Crippen LogP contribution is -2.42. The Kier molecular flexibility index (Phi) is 4.81. The van der Waals surface area contributed by atoms with Crippen molar-refractivity contribution in [3.8, 4) is 5.75 Å². The maximum absolute atomic E-state index is 12.0. The van der Waals surface area contributed by atoms with Crippen LogP contribution in [0.25, 0.3) is 0 Å². The lowest BCUT2D eigenvalue weighted by Gasteiger charge is -2.20. The Morgan fingerprint density at radius 2 is 2.35 bits per heavy atom. The van der Waals surface area contributed by atoms with Crippen molar-refractivity contribution in [3.05, 3.63) is 23.8 Å². The fraction of sp³-hybridized carbons (Fsp3) is 0.529. The number of anilines is 1. The van der Waals surface area contributed by atoms with Gasteiger partial charge in [0.1, 0.15) is 5.75 Å². The fourth-order valence-electron chi connectivity index (χ4n) is 2.98. The van der Waals surface area contributed by atoms with Gasteiger partial charge in [0.2, 0.25) is 5.91 Å². The van der Waals surface area contributed by atoms with E-state index in [4.69, 9.17) is 9.47 Å². The van der Waals surface area contributed by atoms with E-state index in [9.17, 15) is 9.59 Å². The summed E-state index contributed by atoms with van der Waals surface area (Å²) in [6, 6.07) is 5.45. The smallest absolute Gasteiger partial charge is 0.258 e. The minimum absolute atomic E-state index is 0.00709. The third-order valence-corrected chi connectivity index (χ3v) is 4.25. The van der Waals surface area contributed by atoms with Crippen LogP contribution in [0.15, 0.2) is 18.2 Å². The van der Waals surface area contributed by atoms with Gasteiger partial charge in [-0.1, -0.05) is 0 Å². The third kappa shape index (κ3) is 4.01. The summed E-state index contributed by atoms with van der Waals surface area (Å²) >= 11 is 0. The van der Waals surface area contributed by atoms with Gasteiger partial charge in [0.15, 0.2) is 6.61 Å². The summed E-state index contributed by atoms with van der Waals surface area (Å²) in [6.07, 6.45) is 3.31. The molecule has 1 aromatic rings. The molecule has 2 atom stereocenters. The molecule has 0 bridgehead atoms. The number of rotatable bonds is 5. The van der Waals surface area contributed by atoms with Crippen LogP contribution >= 0.6 is 0 Å². The number of carbonyl (C=O) groups excluding carboxylic acids is 2. The number of benzene rings is 1. The van der Waals surface area contributed by atoms with E-state index in [0.717, 1.165) is 30.7 Å². The number of nitrogens with one attached hydrogen (secondary N) is 2. The van der Waals surface area contributed by atoms with Gasteiger partial charge >= 0.3 is 0 Å². The zero-order valence-electron chi connectivity index (χ0n) is 13.3. The number of hydrogen-bond donors (Lipinski definition) is 2. The molecule has 0 unspecified atom stereocenters. The maximum atomic E-state index is 12.0. The molecule has 0 aromatic heterocycles. The minimum atomic E-state index is -0.154. The Labute approximate surface area is 135 Å². The molecular formula is C17H22N2O4. The van der Waals surface area contributed by atoms with Crippen molar-refractivity contribution in [2.75, 3.05) is 18.5 Å². The van der Waals surface area contributed by atoms with Gasteiger partial charge < -0.3 is 20.1 Å². The molecule has 0 aliphatic carbocycles. The topological polar surface area (TPSA) is 76.7 Å². The molecule has 2 heterocycles. The highest BCUT2D eigenvalue weighted by molar-refractivity contribution is 5.94. The van der Waals surface area contributed by atoms with E-state index >= 15 is 0 Å². The standard InChI is InChI=1S/C17H22N2O4/c1-11(15-3-2-8-22-15)18-17(21)10-23-13-5-6-14-12(9-13)4-7-16(20)19-14/h5-6,9,11,15H,2-4,7-8,10H2,1H3,(H,18,21)(H,19,20)/t11-,15-/m0/s1. The molecule has 1 fully saturated rings. The van der Waals surface area contributed by atoms with Crippen LogP contribution in [0.4, 0.5) is 5.69 Å². The van der Waals surface area contributed by atoms with Gasteiger partial charge in [-0.25, -0.2) is 0 Å². The monoisotopic (exact) mass is 318 g/mol. The summed E-state index contributed by atoms with van der Waals surface area (Å²) in [7, 11) is 0. The van der Waals surface area contributed by atoms with E-state index in [1.54, 1.807) is 6.07 Å². The second-order valence-electron chi connectivity index (χ2n) is 6.06. The van der Waals surface area contributed by atoms with Gasteiger partial charge in [0.05, 0.1) is 12.1 Å². The molecule has 2 aliphatic rings. The van der Waals surface area contributed by atoms with Crippen LogP contribution in [-0.2, 0) is 20.7 Å². The Bertz CT molecular complexity index is 596. The molecule has 6 nitrogen and oxygen atoms in total. The Morgan fingerprint density at radius 3 is 3.13 bits per heavy atom. The first kappa shape index (κ1) is 15.8. The van der Waals surface area contributed by atoms with E-state index in [1.807, 2.05) is 19.1 Å². The molecule has 1 aromatic carbocycles. The van der Waals surface area contributed by atoms with Gasteiger partial charge in [-0.2, -0.15) is 0 Å². The summed E-state index contributed by atoms with van der Waals surface area (Å²) in [5, 5.41) is 5.74. The molecule has 2 N–H and O–H groups in total. The number of hydrogen-bond acceptors (Lipinski definition) is 4. The quantitative estimate of drug-likeness (QED) is 0.865. The molecule has 23 heavy (non-hydrogen) atoms. The van der Waals surface area contributed by atoms with E-state index < -0.39 is 0 Å². The summed E-state index contributed by atoms with van der Waals surface area (Å²) in [5.41, 5.74) is 1.86. The van der Waals surface area contributed by atoms with Crippen LogP contribution in [0.3, 0.4) is 0 Å². The molecule has 2 aliphatic heterocycles. The molecule has 1 saturated heterocycles. The zero-order chi connectivity index (χ0) is 16.2. The van der Waals surface area contributed by atoms with Crippen LogP contribution in [-0.4, -0.2) is 37.2 Å². The molecule has 124 valence electrons. The van der Waals surface area contributed by atoms with E-state index in [0.29, 0.717) is 18.6 Å². The number of carbonyl (C=O) groups is 2. The lowest BCUT2D eigenvalue weighted by molar-refractivity contribution is -0.124. The van der Waals surface area contributed by atoms with E-state index in [-0.39, 0.29) is 30.6 Å². The first-order valence-corrected chi connectivity index (χ1v) is 8.08. The molecular weight excluding hydrogens is 296 g/mol. The summed E-state index contributed by atoms with van der Waals surface area (Å²) in [5.74, 6) is 0.521. The Balaban J connectivity index is 1.50. The normalized spacial score (nSPS) is 21.3. The van der Waals surface area contributed by atoms with Crippen LogP contribution in [0.5, 0.6) is 5.75 Å². The second-order valence-corrected chi connectivity index (χ2v) is 6.06. The van der Waals surface area contributed by atoms with Crippen molar-refractivity contribution in [1.29, 1.82) is 0 Å². The molecule has 0 saturated carbocycles. The van der Waals surface area contributed by atoms with E-state index in [2.05, 4.69) is 10.6 Å². The predicted octanol–water partition coefficient (Wildman–Crippen LogP) is 1.63. The minimum Gasteiger partial charge on any atom is -0.484 e. The maximum Gasteiger partial charge on any atom is 0.258 e. The summed E-state index contributed by atoms with van der Waals surface area (Å²) in [4.78, 5) is 23.3. The lowest BCUT2D eigenvalue weighted by atomic mass is 10.0. The largest absolute Gasteiger partial charge is 0.484 e. The number of ether oxygens (including phenoxy) is 2. The summed E-state index contributed by atoms with van der Waals surface area (Å²) in [6.45, 7) is 2.70. The van der Waals surface area contributed by atoms with Gasteiger partial charge in [0.25, 0.3) is 5.91 Å². The number of fused-ring (bicyclic) bond motifs is 1. The van der Waals surface area contributed by atoms with Crippen LogP contribution in [0.1, 0.15) is 31.7 Å². The summed E-state index contributed by atoms with van der Waals surface area (Å²) < 4.78 is 11.1.